The third kappa shape index (κ3) is 3.41. The van der Waals surface area contributed by atoms with Gasteiger partial charge in [-0.2, -0.15) is 4.31 Å². The maximum Gasteiger partial charge on any atom is 0.243 e. The molecule has 1 aromatic carbocycles. The van der Waals surface area contributed by atoms with Crippen LogP contribution in [0.3, 0.4) is 0 Å². The van der Waals surface area contributed by atoms with Crippen LogP contribution in [0.2, 0.25) is 0 Å². The van der Waals surface area contributed by atoms with Gasteiger partial charge in [-0.3, -0.25) is 0 Å². The van der Waals surface area contributed by atoms with E-state index in [1.807, 2.05) is 6.92 Å². The van der Waals surface area contributed by atoms with Crippen LogP contribution < -0.4 is 0 Å². The van der Waals surface area contributed by atoms with E-state index in [1.54, 1.807) is 13.8 Å². The van der Waals surface area contributed by atoms with Crippen LogP contribution in [0.15, 0.2) is 17.0 Å². The molecule has 0 bridgehead atoms. The molecule has 0 spiro atoms. The van der Waals surface area contributed by atoms with Gasteiger partial charge in [0, 0.05) is 18.5 Å². The van der Waals surface area contributed by atoms with E-state index < -0.39 is 15.8 Å². The van der Waals surface area contributed by atoms with Crippen molar-refractivity contribution in [2.45, 2.75) is 43.9 Å². The van der Waals surface area contributed by atoms with Gasteiger partial charge in [0.25, 0.3) is 0 Å². The molecule has 0 N–H and O–H groups in total. The number of benzene rings is 1. The van der Waals surface area contributed by atoms with E-state index >= 15 is 0 Å². The smallest absolute Gasteiger partial charge is 0.207 e. The summed E-state index contributed by atoms with van der Waals surface area (Å²) in [5.41, 5.74) is 0.917. The molecule has 6 heteroatoms. The molecule has 21 heavy (non-hydrogen) atoms. The summed E-state index contributed by atoms with van der Waals surface area (Å²) in [7, 11) is -3.57. The summed E-state index contributed by atoms with van der Waals surface area (Å²) in [5.74, 6) is -0.0489. The fourth-order valence-corrected chi connectivity index (χ4v) is 5.14. The Morgan fingerprint density at radius 3 is 2.14 bits per heavy atom. The second-order valence-electron chi connectivity index (χ2n) is 5.79. The maximum atomic E-state index is 13.4. The summed E-state index contributed by atoms with van der Waals surface area (Å²) in [5, 5.41) is 0.0594. The molecule has 1 aliphatic rings. The van der Waals surface area contributed by atoms with E-state index in [2.05, 4.69) is 0 Å². The number of alkyl halides is 1. The van der Waals surface area contributed by atoms with E-state index in [9.17, 15) is 12.8 Å². The summed E-state index contributed by atoms with van der Waals surface area (Å²) in [6.07, 6.45) is 1.53. The fourth-order valence-electron chi connectivity index (χ4n) is 3.01. The minimum absolute atomic E-state index is 0.0594. The largest absolute Gasteiger partial charge is 0.243 e. The molecular weight excluding hydrogens is 313 g/mol. The number of sulfonamides is 1. The molecule has 3 nitrogen and oxygen atoms in total. The van der Waals surface area contributed by atoms with Gasteiger partial charge in [0.1, 0.15) is 5.82 Å². The van der Waals surface area contributed by atoms with Crippen LogP contribution in [0.4, 0.5) is 4.39 Å². The Morgan fingerprint density at radius 2 is 1.71 bits per heavy atom. The lowest BCUT2D eigenvalue weighted by molar-refractivity contribution is 0.271. The molecule has 1 heterocycles. The van der Waals surface area contributed by atoms with E-state index in [0.717, 1.165) is 12.8 Å². The van der Waals surface area contributed by atoms with Crippen molar-refractivity contribution >= 4 is 21.6 Å². The van der Waals surface area contributed by atoms with Crippen LogP contribution in [-0.4, -0.2) is 31.2 Å². The zero-order valence-electron chi connectivity index (χ0n) is 12.6. The molecule has 1 aliphatic heterocycles. The minimum Gasteiger partial charge on any atom is -0.207 e. The van der Waals surface area contributed by atoms with Gasteiger partial charge in [0.2, 0.25) is 10.0 Å². The van der Waals surface area contributed by atoms with Gasteiger partial charge in [0.05, 0.1) is 4.90 Å². The first kappa shape index (κ1) is 16.7. The Balaban J connectivity index is 2.28. The predicted molar refractivity (Wildman–Crippen MR) is 82.7 cm³/mol. The zero-order chi connectivity index (χ0) is 15.8. The number of rotatable bonds is 3. The van der Waals surface area contributed by atoms with Crippen LogP contribution >= 0.6 is 11.6 Å². The molecule has 0 aliphatic carbocycles. The van der Waals surface area contributed by atoms with Crippen molar-refractivity contribution in [1.29, 1.82) is 0 Å². The van der Waals surface area contributed by atoms with Crippen molar-refractivity contribution < 1.29 is 12.8 Å². The summed E-state index contributed by atoms with van der Waals surface area (Å²) >= 11 is 6.09. The van der Waals surface area contributed by atoms with Crippen molar-refractivity contribution in [3.05, 3.63) is 29.1 Å². The van der Waals surface area contributed by atoms with Crippen molar-refractivity contribution in [3.63, 3.8) is 0 Å². The minimum atomic E-state index is -3.57. The van der Waals surface area contributed by atoms with E-state index in [0.29, 0.717) is 30.1 Å². The molecule has 0 saturated carbocycles. The topological polar surface area (TPSA) is 37.4 Å². The molecule has 2 rings (SSSR count). The Hall–Kier alpha value is -0.650. The van der Waals surface area contributed by atoms with Gasteiger partial charge >= 0.3 is 0 Å². The molecule has 1 fully saturated rings. The van der Waals surface area contributed by atoms with Crippen LogP contribution in [0.5, 0.6) is 0 Å². The second-order valence-corrected chi connectivity index (χ2v) is 8.35. The van der Waals surface area contributed by atoms with Gasteiger partial charge in [-0.1, -0.05) is 0 Å². The normalized spacial score (nSPS) is 19.7. The van der Waals surface area contributed by atoms with E-state index in [-0.39, 0.29) is 10.3 Å². The summed E-state index contributed by atoms with van der Waals surface area (Å²) in [4.78, 5) is 0.237. The molecular formula is C15H21ClFNO2S. The van der Waals surface area contributed by atoms with Crippen LogP contribution in [0, 0.1) is 25.6 Å². The van der Waals surface area contributed by atoms with Crippen molar-refractivity contribution in [2.75, 3.05) is 13.1 Å². The highest BCUT2D eigenvalue weighted by atomic mass is 35.5. The SMILES string of the molecule is Cc1cc(F)cc(C)c1S(=O)(=O)N1CCC(C(C)Cl)CC1. The third-order valence-electron chi connectivity index (χ3n) is 4.17. The highest BCUT2D eigenvalue weighted by Gasteiger charge is 2.32. The molecule has 1 unspecified atom stereocenters. The van der Waals surface area contributed by atoms with Crippen LogP contribution in [0.1, 0.15) is 30.9 Å². The molecule has 0 radical (unpaired) electrons. The predicted octanol–water partition coefficient (Wildman–Crippen LogP) is 3.47. The molecule has 1 atom stereocenters. The number of nitrogens with zero attached hydrogens (tertiary/aromatic N) is 1. The number of hydrogen-bond donors (Lipinski definition) is 0. The Labute approximate surface area is 131 Å². The summed E-state index contributed by atoms with van der Waals surface area (Å²) < 4.78 is 40.4. The van der Waals surface area contributed by atoms with Crippen LogP contribution in [0.25, 0.3) is 0 Å². The van der Waals surface area contributed by atoms with Crippen LogP contribution in [-0.2, 0) is 10.0 Å². The van der Waals surface area contributed by atoms with E-state index in [4.69, 9.17) is 11.6 Å². The fraction of sp³-hybridized carbons (Fsp3) is 0.600. The number of halogens is 2. The lowest BCUT2D eigenvalue weighted by Crippen LogP contribution is -2.40. The average molecular weight is 334 g/mol. The Bertz CT molecular complexity index is 600. The Kier molecular flexibility index (Phi) is 4.96. The van der Waals surface area contributed by atoms with Gasteiger partial charge < -0.3 is 0 Å². The van der Waals surface area contributed by atoms with Crippen molar-refractivity contribution in [2.24, 2.45) is 5.92 Å². The van der Waals surface area contributed by atoms with E-state index in [1.165, 1.54) is 16.4 Å². The monoisotopic (exact) mass is 333 g/mol. The zero-order valence-corrected chi connectivity index (χ0v) is 14.1. The molecule has 1 aromatic rings. The first-order valence-corrected chi connectivity index (χ1v) is 9.02. The molecule has 1 saturated heterocycles. The first-order chi connectivity index (χ1) is 9.73. The second kappa shape index (κ2) is 6.23. The summed E-state index contributed by atoms with van der Waals surface area (Å²) in [6, 6.07) is 2.54. The number of hydrogen-bond acceptors (Lipinski definition) is 2. The maximum absolute atomic E-state index is 13.4. The number of aryl methyl sites for hydroxylation is 2. The molecule has 0 aromatic heterocycles. The van der Waals surface area contributed by atoms with Gasteiger partial charge in [0.15, 0.2) is 0 Å². The van der Waals surface area contributed by atoms with Gasteiger partial charge in [-0.05, 0) is 62.8 Å². The van der Waals surface area contributed by atoms with Crippen molar-refractivity contribution in [3.8, 4) is 0 Å². The van der Waals surface area contributed by atoms with Gasteiger partial charge in [-0.25, -0.2) is 12.8 Å². The lowest BCUT2D eigenvalue weighted by atomic mass is 9.95. The first-order valence-electron chi connectivity index (χ1n) is 7.14. The number of piperidine rings is 1. The standard InChI is InChI=1S/C15H21ClFNO2S/c1-10-8-14(17)9-11(2)15(10)21(19,20)18-6-4-13(5-7-18)12(3)16/h8-9,12-13H,4-7H2,1-3H3. The Morgan fingerprint density at radius 1 is 1.24 bits per heavy atom. The average Bonchev–Trinajstić information content (AvgIpc) is 2.37. The van der Waals surface area contributed by atoms with Gasteiger partial charge in [-0.15, -0.1) is 11.6 Å². The molecule has 0 amide bonds. The third-order valence-corrected chi connectivity index (χ3v) is 6.73. The summed E-state index contributed by atoms with van der Waals surface area (Å²) in [6.45, 7) is 6.17. The quantitative estimate of drug-likeness (QED) is 0.794. The lowest BCUT2D eigenvalue weighted by Gasteiger charge is -2.33. The highest BCUT2D eigenvalue weighted by Crippen LogP contribution is 2.30. The highest BCUT2D eigenvalue weighted by molar-refractivity contribution is 7.89. The molecule has 118 valence electrons. The van der Waals surface area contributed by atoms with Crippen molar-refractivity contribution in [1.82, 2.24) is 4.31 Å².